The maximum absolute atomic E-state index is 13.6. The predicted octanol–water partition coefficient (Wildman–Crippen LogP) is 1.59. The Labute approximate surface area is 129 Å². The van der Waals surface area contributed by atoms with Crippen LogP contribution in [0, 0.1) is 6.92 Å². The summed E-state index contributed by atoms with van der Waals surface area (Å²) in [6.07, 6.45) is 0.566. The van der Waals surface area contributed by atoms with Crippen molar-refractivity contribution in [2.75, 3.05) is 6.54 Å². The molecule has 1 saturated heterocycles. The maximum atomic E-state index is 13.6. The number of carbonyl (C=O) groups is 2. The molecule has 2 N–H and O–H groups in total. The van der Waals surface area contributed by atoms with Crippen molar-refractivity contribution in [3.63, 3.8) is 0 Å². The van der Waals surface area contributed by atoms with E-state index >= 15 is 0 Å². The molecule has 2 amide bonds. The van der Waals surface area contributed by atoms with Crippen molar-refractivity contribution in [2.24, 2.45) is 5.73 Å². The van der Waals surface area contributed by atoms with Gasteiger partial charge in [0.05, 0.1) is 12.6 Å². The van der Waals surface area contributed by atoms with Gasteiger partial charge in [-0.1, -0.05) is 13.8 Å². The van der Waals surface area contributed by atoms with Gasteiger partial charge in [0, 0.05) is 12.1 Å². The molecule has 7 heteroatoms. The van der Waals surface area contributed by atoms with Crippen LogP contribution < -0.4 is 5.73 Å². The molecule has 0 saturated carbocycles. The minimum Gasteiger partial charge on any atom is -0.368 e. The number of halogens is 1. The Bertz CT molecular complexity index is 568. The Morgan fingerprint density at radius 1 is 1.45 bits per heavy atom. The Kier molecular flexibility index (Phi) is 4.83. The Morgan fingerprint density at radius 3 is 2.64 bits per heavy atom. The van der Waals surface area contributed by atoms with Gasteiger partial charge in [-0.2, -0.15) is 5.10 Å². The lowest BCUT2D eigenvalue weighted by Gasteiger charge is -2.20. The number of primary amides is 1. The third-order valence-electron chi connectivity index (χ3n) is 4.27. The van der Waals surface area contributed by atoms with Crippen LogP contribution in [0.5, 0.6) is 0 Å². The Morgan fingerprint density at radius 2 is 2.09 bits per heavy atom. The molecule has 0 spiro atoms. The van der Waals surface area contributed by atoms with Gasteiger partial charge in [0.2, 0.25) is 5.91 Å². The molecule has 122 valence electrons. The van der Waals surface area contributed by atoms with E-state index in [1.165, 1.54) is 4.90 Å². The number of carbonyl (C=O) groups excluding carboxylic acids is 2. The second-order valence-corrected chi connectivity index (χ2v) is 5.79. The van der Waals surface area contributed by atoms with Crippen LogP contribution in [0.15, 0.2) is 6.07 Å². The molecule has 1 aliphatic rings. The van der Waals surface area contributed by atoms with Crippen LogP contribution in [-0.4, -0.2) is 45.3 Å². The fourth-order valence-electron chi connectivity index (χ4n) is 3.02. The topological polar surface area (TPSA) is 81.2 Å². The smallest absolute Gasteiger partial charge is 0.275 e. The third-order valence-corrected chi connectivity index (χ3v) is 4.27. The molecule has 6 nitrogen and oxygen atoms in total. The van der Waals surface area contributed by atoms with Crippen molar-refractivity contribution < 1.29 is 14.0 Å². The lowest BCUT2D eigenvalue weighted by molar-refractivity contribution is -0.121. The molecule has 0 radical (unpaired) electrons. The van der Waals surface area contributed by atoms with Gasteiger partial charge in [-0.3, -0.25) is 14.3 Å². The third kappa shape index (κ3) is 2.98. The quantitative estimate of drug-likeness (QED) is 0.896. The van der Waals surface area contributed by atoms with Crippen LogP contribution in [0.1, 0.15) is 55.3 Å². The number of nitrogens with two attached hydrogens (primary N) is 1. The number of alkyl halides is 1. The number of nitrogens with zero attached hydrogens (tertiary/aromatic N) is 3. The van der Waals surface area contributed by atoms with Gasteiger partial charge in [-0.05, 0) is 25.8 Å². The molecule has 1 aromatic heterocycles. The molecule has 0 bridgehead atoms. The molecule has 1 aliphatic heterocycles. The maximum Gasteiger partial charge on any atom is 0.275 e. The average molecular weight is 310 g/mol. The highest BCUT2D eigenvalue weighted by atomic mass is 19.1. The molecule has 2 heterocycles. The van der Waals surface area contributed by atoms with E-state index in [1.54, 1.807) is 6.07 Å². The Hall–Kier alpha value is -1.92. The normalized spacial score (nSPS) is 21.6. The lowest BCUT2D eigenvalue weighted by Crippen LogP contribution is -2.43. The second-order valence-electron chi connectivity index (χ2n) is 5.79. The molecular weight excluding hydrogens is 287 g/mol. The van der Waals surface area contributed by atoms with Crippen LogP contribution in [0.2, 0.25) is 0 Å². The first kappa shape index (κ1) is 16.5. The zero-order valence-electron chi connectivity index (χ0n) is 13.3. The minimum absolute atomic E-state index is 0.0344. The first-order chi connectivity index (χ1) is 10.4. The molecule has 22 heavy (non-hydrogen) atoms. The number of rotatable bonds is 5. The van der Waals surface area contributed by atoms with E-state index in [-0.39, 0.29) is 24.7 Å². The first-order valence-corrected chi connectivity index (χ1v) is 7.69. The van der Waals surface area contributed by atoms with Crippen LogP contribution in [-0.2, 0) is 4.79 Å². The predicted molar refractivity (Wildman–Crippen MR) is 80.1 cm³/mol. The van der Waals surface area contributed by atoms with Crippen molar-refractivity contribution in [2.45, 2.75) is 58.3 Å². The van der Waals surface area contributed by atoms with Crippen molar-refractivity contribution in [3.05, 3.63) is 17.5 Å². The van der Waals surface area contributed by atoms with Crippen molar-refractivity contribution in [3.8, 4) is 0 Å². The molecule has 1 fully saturated rings. The molecule has 0 unspecified atom stereocenters. The van der Waals surface area contributed by atoms with Crippen LogP contribution in [0.3, 0.4) is 0 Å². The number of hydrogen-bond donors (Lipinski definition) is 1. The van der Waals surface area contributed by atoms with E-state index in [4.69, 9.17) is 5.73 Å². The summed E-state index contributed by atoms with van der Waals surface area (Å²) in [5, 5.41) is 4.37. The van der Waals surface area contributed by atoms with E-state index in [2.05, 4.69) is 18.9 Å². The van der Waals surface area contributed by atoms with Crippen LogP contribution >= 0.6 is 0 Å². The summed E-state index contributed by atoms with van der Waals surface area (Å²) in [5.41, 5.74) is 6.39. The van der Waals surface area contributed by atoms with Gasteiger partial charge < -0.3 is 10.6 Å². The number of amides is 2. The molecular formula is C15H23FN4O2. The van der Waals surface area contributed by atoms with Crippen LogP contribution in [0.25, 0.3) is 0 Å². The molecule has 0 aromatic carbocycles. The summed E-state index contributed by atoms with van der Waals surface area (Å²) in [6, 6.07) is 1.02. The first-order valence-electron chi connectivity index (χ1n) is 7.69. The van der Waals surface area contributed by atoms with E-state index in [1.807, 2.05) is 11.6 Å². The van der Waals surface area contributed by atoms with Crippen molar-refractivity contribution >= 4 is 11.8 Å². The number of aryl methyl sites for hydroxylation is 1. The number of aromatic nitrogens is 2. The van der Waals surface area contributed by atoms with E-state index in [9.17, 15) is 14.0 Å². The Balaban J connectivity index is 2.26. The van der Waals surface area contributed by atoms with Gasteiger partial charge >= 0.3 is 0 Å². The van der Waals surface area contributed by atoms with E-state index in [0.717, 1.165) is 18.5 Å². The van der Waals surface area contributed by atoms with Crippen LogP contribution in [0.4, 0.5) is 4.39 Å². The zero-order chi connectivity index (χ0) is 16.4. The molecule has 2 rings (SSSR count). The van der Waals surface area contributed by atoms with E-state index in [0.29, 0.717) is 0 Å². The van der Waals surface area contributed by atoms with Gasteiger partial charge in [0.1, 0.15) is 12.2 Å². The minimum atomic E-state index is -1.22. The summed E-state index contributed by atoms with van der Waals surface area (Å²) in [5.74, 6) is -1.11. The number of likely N-dealkylation sites (tertiary alicyclic amines) is 1. The highest BCUT2D eigenvalue weighted by molar-refractivity contribution is 5.96. The zero-order valence-corrected chi connectivity index (χ0v) is 13.3. The SMILES string of the molecule is CCC(CC)n1nc(C(=O)N2C[C@H](F)C[C@H]2C(N)=O)cc1C. The van der Waals surface area contributed by atoms with Crippen molar-refractivity contribution in [1.29, 1.82) is 0 Å². The molecule has 2 atom stereocenters. The standard InChI is InChI=1S/C15H23FN4O2/c1-4-11(5-2)20-9(3)6-12(18-20)15(22)19-8-10(16)7-13(19)14(17)21/h6,10-11,13H,4-5,7-8H2,1-3H3,(H2,17,21)/t10-,13+/m1/s1. The summed E-state index contributed by atoms with van der Waals surface area (Å²) in [4.78, 5) is 25.2. The summed E-state index contributed by atoms with van der Waals surface area (Å²) < 4.78 is 15.4. The monoisotopic (exact) mass is 310 g/mol. The largest absolute Gasteiger partial charge is 0.368 e. The van der Waals surface area contributed by atoms with Crippen molar-refractivity contribution in [1.82, 2.24) is 14.7 Å². The second kappa shape index (κ2) is 6.46. The highest BCUT2D eigenvalue weighted by Gasteiger charge is 2.39. The highest BCUT2D eigenvalue weighted by Crippen LogP contribution is 2.24. The lowest BCUT2D eigenvalue weighted by atomic mass is 10.2. The molecule has 0 aliphatic carbocycles. The van der Waals surface area contributed by atoms with Gasteiger partial charge in [0.15, 0.2) is 5.69 Å². The summed E-state index contributed by atoms with van der Waals surface area (Å²) in [7, 11) is 0. The number of hydrogen-bond acceptors (Lipinski definition) is 3. The van der Waals surface area contributed by atoms with Gasteiger partial charge in [0.25, 0.3) is 5.91 Å². The average Bonchev–Trinajstić information content (AvgIpc) is 3.04. The fourth-order valence-corrected chi connectivity index (χ4v) is 3.02. The fraction of sp³-hybridized carbons (Fsp3) is 0.667. The molecule has 1 aromatic rings. The summed E-state index contributed by atoms with van der Waals surface area (Å²) in [6.45, 7) is 5.90. The summed E-state index contributed by atoms with van der Waals surface area (Å²) >= 11 is 0. The van der Waals surface area contributed by atoms with Gasteiger partial charge in [-0.15, -0.1) is 0 Å². The van der Waals surface area contributed by atoms with E-state index < -0.39 is 24.0 Å². The van der Waals surface area contributed by atoms with Gasteiger partial charge in [-0.25, -0.2) is 4.39 Å².